The molecule has 0 bridgehead atoms. The first-order valence-corrected chi connectivity index (χ1v) is 4.74. The summed E-state index contributed by atoms with van der Waals surface area (Å²) in [6.45, 7) is 1.87. The smallest absolute Gasteiger partial charge is 0.123 e. The second-order valence-corrected chi connectivity index (χ2v) is 3.45. The molecule has 86 valence electrons. The molecule has 1 atom stereocenters. The summed E-state index contributed by atoms with van der Waals surface area (Å²) in [5, 5.41) is 4.28. The van der Waals surface area contributed by atoms with Crippen LogP contribution >= 0.6 is 12.4 Å². The van der Waals surface area contributed by atoms with Crippen LogP contribution in [0.4, 0.5) is 4.39 Å². The number of rotatable bonds is 2. The Hall–Kier alpha value is -1.39. The predicted molar refractivity (Wildman–Crippen MR) is 63.4 cm³/mol. The molecule has 1 heterocycles. The van der Waals surface area contributed by atoms with Gasteiger partial charge >= 0.3 is 0 Å². The molecule has 0 aliphatic carbocycles. The summed E-state index contributed by atoms with van der Waals surface area (Å²) in [7, 11) is 0. The van der Waals surface area contributed by atoms with Crippen LogP contribution in [0.15, 0.2) is 36.5 Å². The zero-order valence-electron chi connectivity index (χ0n) is 8.80. The van der Waals surface area contributed by atoms with Crippen molar-refractivity contribution in [2.75, 3.05) is 0 Å². The van der Waals surface area contributed by atoms with Gasteiger partial charge in [0.2, 0.25) is 0 Å². The molecule has 2 rings (SSSR count). The van der Waals surface area contributed by atoms with E-state index in [1.54, 1.807) is 16.8 Å². The lowest BCUT2D eigenvalue weighted by molar-refractivity contribution is 0.627. The molecule has 1 aromatic carbocycles. The van der Waals surface area contributed by atoms with Gasteiger partial charge in [0.15, 0.2) is 0 Å². The number of hydrogen-bond donors (Lipinski definition) is 1. The molecule has 0 aliphatic heterocycles. The van der Waals surface area contributed by atoms with Gasteiger partial charge in [-0.25, -0.2) is 9.07 Å². The van der Waals surface area contributed by atoms with Crippen molar-refractivity contribution in [3.8, 4) is 5.69 Å². The monoisotopic (exact) mass is 241 g/mol. The molecule has 1 aromatic heterocycles. The van der Waals surface area contributed by atoms with Gasteiger partial charge in [-0.15, -0.1) is 12.4 Å². The summed E-state index contributed by atoms with van der Waals surface area (Å²) in [5.41, 5.74) is 7.33. The highest BCUT2D eigenvalue weighted by Gasteiger charge is 2.04. The zero-order valence-corrected chi connectivity index (χ0v) is 9.62. The Morgan fingerprint density at radius 2 is 1.88 bits per heavy atom. The van der Waals surface area contributed by atoms with Crippen LogP contribution in [0.25, 0.3) is 5.69 Å². The van der Waals surface area contributed by atoms with E-state index in [0.29, 0.717) is 0 Å². The largest absolute Gasteiger partial charge is 0.323 e. The summed E-state index contributed by atoms with van der Waals surface area (Å²) < 4.78 is 14.4. The molecular formula is C11H13ClFN3. The van der Waals surface area contributed by atoms with E-state index in [0.717, 1.165) is 11.4 Å². The number of nitrogens with zero attached hydrogens (tertiary/aromatic N) is 2. The Balaban J connectivity index is 0.00000128. The minimum absolute atomic E-state index is 0. The maximum absolute atomic E-state index is 12.7. The van der Waals surface area contributed by atoms with Crippen molar-refractivity contribution in [2.45, 2.75) is 13.0 Å². The molecule has 0 radical (unpaired) electrons. The van der Waals surface area contributed by atoms with Gasteiger partial charge in [-0.2, -0.15) is 5.10 Å². The maximum atomic E-state index is 12.7. The zero-order chi connectivity index (χ0) is 10.8. The maximum Gasteiger partial charge on any atom is 0.123 e. The lowest BCUT2D eigenvalue weighted by Gasteiger charge is -2.01. The van der Waals surface area contributed by atoms with Crippen molar-refractivity contribution in [3.63, 3.8) is 0 Å². The molecule has 16 heavy (non-hydrogen) atoms. The standard InChI is InChI=1S/C11H12FN3.ClH/c1-8(13)11-6-7-15(14-11)10-4-2-9(12)3-5-10;/h2-8H,13H2,1H3;1H/t8-;/m0./s1. The van der Waals surface area contributed by atoms with Crippen LogP contribution in [0.1, 0.15) is 18.7 Å². The number of halogens is 2. The van der Waals surface area contributed by atoms with Gasteiger partial charge < -0.3 is 5.73 Å². The van der Waals surface area contributed by atoms with Crippen molar-refractivity contribution in [3.05, 3.63) is 48.0 Å². The van der Waals surface area contributed by atoms with E-state index in [1.807, 2.05) is 19.2 Å². The number of benzene rings is 1. The average Bonchev–Trinajstić information content (AvgIpc) is 2.68. The van der Waals surface area contributed by atoms with Crippen molar-refractivity contribution in [1.82, 2.24) is 9.78 Å². The van der Waals surface area contributed by atoms with Crippen molar-refractivity contribution < 1.29 is 4.39 Å². The molecule has 0 aliphatic rings. The quantitative estimate of drug-likeness (QED) is 0.878. The first-order valence-electron chi connectivity index (χ1n) is 4.74. The third kappa shape index (κ3) is 2.59. The van der Waals surface area contributed by atoms with Crippen molar-refractivity contribution in [2.24, 2.45) is 5.73 Å². The molecule has 3 nitrogen and oxygen atoms in total. The van der Waals surface area contributed by atoms with Crippen molar-refractivity contribution in [1.29, 1.82) is 0 Å². The minimum atomic E-state index is -0.252. The van der Waals surface area contributed by atoms with Gasteiger partial charge in [0.25, 0.3) is 0 Å². The van der Waals surface area contributed by atoms with Gasteiger partial charge in [-0.05, 0) is 37.3 Å². The Kier molecular flexibility index (Phi) is 4.04. The summed E-state index contributed by atoms with van der Waals surface area (Å²) in [4.78, 5) is 0. The van der Waals surface area contributed by atoms with Crippen LogP contribution in [0.3, 0.4) is 0 Å². The van der Waals surface area contributed by atoms with E-state index in [4.69, 9.17) is 5.73 Å². The number of nitrogens with two attached hydrogens (primary N) is 1. The molecule has 0 fully saturated rings. The fourth-order valence-corrected chi connectivity index (χ4v) is 1.32. The molecule has 2 N–H and O–H groups in total. The average molecular weight is 242 g/mol. The lowest BCUT2D eigenvalue weighted by atomic mass is 10.3. The van der Waals surface area contributed by atoms with Gasteiger partial charge in [-0.3, -0.25) is 0 Å². The number of hydrogen-bond acceptors (Lipinski definition) is 2. The van der Waals surface area contributed by atoms with Crippen LogP contribution < -0.4 is 5.73 Å². The highest BCUT2D eigenvalue weighted by atomic mass is 35.5. The normalized spacial score (nSPS) is 11.9. The van der Waals surface area contributed by atoms with E-state index in [2.05, 4.69) is 5.10 Å². The topological polar surface area (TPSA) is 43.8 Å². The molecular weight excluding hydrogens is 229 g/mol. The minimum Gasteiger partial charge on any atom is -0.323 e. The summed E-state index contributed by atoms with van der Waals surface area (Å²) in [6, 6.07) is 7.92. The molecule has 0 unspecified atom stereocenters. The van der Waals surface area contributed by atoms with E-state index < -0.39 is 0 Å². The highest BCUT2D eigenvalue weighted by molar-refractivity contribution is 5.85. The van der Waals surface area contributed by atoms with E-state index in [1.165, 1.54) is 12.1 Å². The Morgan fingerprint density at radius 1 is 1.25 bits per heavy atom. The first-order chi connectivity index (χ1) is 7.16. The van der Waals surface area contributed by atoms with Crippen LogP contribution in [0.2, 0.25) is 0 Å². The van der Waals surface area contributed by atoms with E-state index in [-0.39, 0.29) is 24.3 Å². The van der Waals surface area contributed by atoms with Crippen LogP contribution in [-0.2, 0) is 0 Å². The van der Waals surface area contributed by atoms with Gasteiger partial charge in [-0.1, -0.05) is 0 Å². The van der Waals surface area contributed by atoms with E-state index in [9.17, 15) is 4.39 Å². The highest BCUT2D eigenvalue weighted by Crippen LogP contribution is 2.11. The lowest BCUT2D eigenvalue weighted by Crippen LogP contribution is -2.06. The third-order valence-electron chi connectivity index (χ3n) is 2.17. The van der Waals surface area contributed by atoms with Crippen LogP contribution in [0, 0.1) is 5.82 Å². The SMILES string of the molecule is C[C@H](N)c1ccn(-c2ccc(F)cc2)n1.Cl. The fraction of sp³-hybridized carbons (Fsp3) is 0.182. The fourth-order valence-electron chi connectivity index (χ4n) is 1.32. The molecule has 0 spiro atoms. The van der Waals surface area contributed by atoms with Crippen molar-refractivity contribution >= 4 is 12.4 Å². The van der Waals surface area contributed by atoms with Crippen LogP contribution in [-0.4, -0.2) is 9.78 Å². The number of aromatic nitrogens is 2. The Labute approximate surface area is 99.5 Å². The Bertz CT molecular complexity index is 451. The van der Waals surface area contributed by atoms with Gasteiger partial charge in [0.1, 0.15) is 5.82 Å². The molecule has 5 heteroatoms. The van der Waals surface area contributed by atoms with Gasteiger partial charge in [0.05, 0.1) is 11.4 Å². The molecule has 0 amide bonds. The molecule has 0 saturated carbocycles. The summed E-state index contributed by atoms with van der Waals surface area (Å²) in [6.07, 6.45) is 1.81. The molecule has 2 aromatic rings. The summed E-state index contributed by atoms with van der Waals surface area (Å²) >= 11 is 0. The second-order valence-electron chi connectivity index (χ2n) is 3.45. The van der Waals surface area contributed by atoms with Crippen LogP contribution in [0.5, 0.6) is 0 Å². The van der Waals surface area contributed by atoms with Gasteiger partial charge in [0, 0.05) is 12.2 Å². The van der Waals surface area contributed by atoms with E-state index >= 15 is 0 Å². The predicted octanol–water partition coefficient (Wildman–Crippen LogP) is 2.45. The Morgan fingerprint density at radius 3 is 2.38 bits per heavy atom. The second kappa shape index (κ2) is 5.09. The summed E-state index contributed by atoms with van der Waals surface area (Å²) in [5.74, 6) is -0.252. The molecule has 0 saturated heterocycles. The first kappa shape index (κ1) is 12.7. The third-order valence-corrected chi connectivity index (χ3v) is 2.17.